The highest BCUT2D eigenvalue weighted by molar-refractivity contribution is 5.88. The van der Waals surface area contributed by atoms with Crippen LogP contribution in [0, 0.1) is 6.92 Å². The lowest BCUT2D eigenvalue weighted by Crippen LogP contribution is -2.52. The molecule has 2 amide bonds. The Kier molecular flexibility index (Phi) is 8.76. The van der Waals surface area contributed by atoms with Crippen molar-refractivity contribution in [2.75, 3.05) is 6.61 Å². The molecule has 1 saturated carbocycles. The molecule has 3 rings (SSSR count). The average molecular weight is 465 g/mol. The second-order valence-electron chi connectivity index (χ2n) is 10.4. The van der Waals surface area contributed by atoms with Crippen molar-refractivity contribution in [2.45, 2.75) is 90.8 Å². The maximum atomic E-state index is 13.6. The van der Waals surface area contributed by atoms with E-state index in [1.165, 1.54) is 0 Å². The van der Waals surface area contributed by atoms with E-state index in [-0.39, 0.29) is 29.9 Å². The van der Waals surface area contributed by atoms with Crippen LogP contribution in [0.2, 0.25) is 0 Å². The SMILES string of the molecule is CCC(C(=O)NC1CCCC1)N(Cc1ccccc1C)C(=O)COc1ccccc1C(C)(C)C. The molecule has 184 valence electrons. The molecular formula is C29H40N2O3. The van der Waals surface area contributed by atoms with Crippen LogP contribution in [-0.4, -0.2) is 35.4 Å². The summed E-state index contributed by atoms with van der Waals surface area (Å²) in [7, 11) is 0. The van der Waals surface area contributed by atoms with Crippen molar-refractivity contribution in [3.63, 3.8) is 0 Å². The molecule has 0 aromatic heterocycles. The Balaban J connectivity index is 1.81. The van der Waals surface area contributed by atoms with Crippen LogP contribution in [-0.2, 0) is 21.5 Å². The fourth-order valence-electron chi connectivity index (χ4n) is 4.69. The minimum absolute atomic E-state index is 0.0635. The van der Waals surface area contributed by atoms with Crippen LogP contribution in [0.5, 0.6) is 5.75 Å². The first-order chi connectivity index (χ1) is 16.2. The van der Waals surface area contributed by atoms with Gasteiger partial charge in [0.25, 0.3) is 5.91 Å². The molecule has 0 heterocycles. The molecule has 1 atom stereocenters. The van der Waals surface area contributed by atoms with E-state index < -0.39 is 6.04 Å². The monoisotopic (exact) mass is 464 g/mol. The lowest BCUT2D eigenvalue weighted by Gasteiger charge is -2.32. The number of benzene rings is 2. The van der Waals surface area contributed by atoms with Gasteiger partial charge in [0.15, 0.2) is 6.61 Å². The molecule has 2 aromatic rings. The Labute approximate surface area is 204 Å². The van der Waals surface area contributed by atoms with Crippen molar-refractivity contribution in [1.29, 1.82) is 0 Å². The van der Waals surface area contributed by atoms with E-state index in [2.05, 4.69) is 26.1 Å². The standard InChI is InChI=1S/C29H40N2O3/c1-6-25(28(33)30-23-15-9-10-16-23)31(19-22-14-8-7-13-21(22)2)27(32)20-34-26-18-12-11-17-24(26)29(3,4)5/h7-8,11-14,17-18,23,25H,6,9-10,15-16,19-20H2,1-5H3,(H,30,33). The van der Waals surface area contributed by atoms with Crippen molar-refractivity contribution >= 4 is 11.8 Å². The molecule has 2 aromatic carbocycles. The van der Waals surface area contributed by atoms with Gasteiger partial charge in [-0.05, 0) is 54.4 Å². The highest BCUT2D eigenvalue weighted by Crippen LogP contribution is 2.31. The van der Waals surface area contributed by atoms with Gasteiger partial charge in [0, 0.05) is 12.6 Å². The maximum absolute atomic E-state index is 13.6. The number of amides is 2. The molecule has 0 spiro atoms. The molecule has 0 radical (unpaired) electrons. The third-order valence-corrected chi connectivity index (χ3v) is 6.74. The lowest BCUT2D eigenvalue weighted by atomic mass is 9.86. The van der Waals surface area contributed by atoms with Crippen LogP contribution < -0.4 is 10.1 Å². The quantitative estimate of drug-likeness (QED) is 0.530. The van der Waals surface area contributed by atoms with E-state index in [0.717, 1.165) is 42.4 Å². The van der Waals surface area contributed by atoms with Gasteiger partial charge in [0.1, 0.15) is 11.8 Å². The third kappa shape index (κ3) is 6.62. The van der Waals surface area contributed by atoms with Gasteiger partial charge in [-0.3, -0.25) is 9.59 Å². The molecule has 1 fully saturated rings. The second-order valence-corrected chi connectivity index (χ2v) is 10.4. The molecule has 1 aliphatic carbocycles. The van der Waals surface area contributed by atoms with Crippen LogP contribution in [0.1, 0.15) is 76.5 Å². The van der Waals surface area contributed by atoms with Crippen molar-refractivity contribution in [3.05, 3.63) is 65.2 Å². The summed E-state index contributed by atoms with van der Waals surface area (Å²) in [5.41, 5.74) is 3.09. The summed E-state index contributed by atoms with van der Waals surface area (Å²) in [6, 6.07) is 15.5. The van der Waals surface area contributed by atoms with Crippen LogP contribution in [0.3, 0.4) is 0 Å². The van der Waals surface area contributed by atoms with Gasteiger partial charge >= 0.3 is 0 Å². The highest BCUT2D eigenvalue weighted by atomic mass is 16.5. The van der Waals surface area contributed by atoms with Crippen molar-refractivity contribution in [2.24, 2.45) is 0 Å². The highest BCUT2D eigenvalue weighted by Gasteiger charge is 2.31. The number of carbonyl (C=O) groups is 2. The molecule has 1 unspecified atom stereocenters. The lowest BCUT2D eigenvalue weighted by molar-refractivity contribution is -0.143. The van der Waals surface area contributed by atoms with E-state index in [1.54, 1.807) is 4.90 Å². The number of nitrogens with one attached hydrogen (secondary N) is 1. The molecule has 1 aliphatic rings. The Hall–Kier alpha value is -2.82. The molecule has 0 aliphatic heterocycles. The second kappa shape index (κ2) is 11.5. The first kappa shape index (κ1) is 25.8. The molecule has 1 N–H and O–H groups in total. The molecule has 34 heavy (non-hydrogen) atoms. The van der Waals surface area contributed by atoms with E-state index in [4.69, 9.17) is 4.74 Å². The number of hydrogen-bond donors (Lipinski definition) is 1. The first-order valence-corrected chi connectivity index (χ1v) is 12.6. The van der Waals surface area contributed by atoms with E-state index >= 15 is 0 Å². The van der Waals surface area contributed by atoms with Gasteiger partial charge in [0.05, 0.1) is 0 Å². The summed E-state index contributed by atoms with van der Waals surface area (Å²) in [5, 5.41) is 3.19. The summed E-state index contributed by atoms with van der Waals surface area (Å²) < 4.78 is 6.06. The summed E-state index contributed by atoms with van der Waals surface area (Å²) in [5.74, 6) is 0.467. The largest absolute Gasteiger partial charge is 0.483 e. The smallest absolute Gasteiger partial charge is 0.261 e. The normalized spacial score (nSPS) is 15.1. The topological polar surface area (TPSA) is 58.6 Å². The van der Waals surface area contributed by atoms with Gasteiger partial charge in [-0.1, -0.05) is 83.0 Å². The average Bonchev–Trinajstić information content (AvgIpc) is 3.31. The molecule has 0 saturated heterocycles. The number of carbonyl (C=O) groups excluding carboxylic acids is 2. The first-order valence-electron chi connectivity index (χ1n) is 12.6. The van der Waals surface area contributed by atoms with Crippen molar-refractivity contribution in [3.8, 4) is 5.75 Å². The molecule has 5 heteroatoms. The predicted molar refractivity (Wildman–Crippen MR) is 137 cm³/mol. The zero-order valence-corrected chi connectivity index (χ0v) is 21.4. The zero-order valence-electron chi connectivity index (χ0n) is 21.4. The Morgan fingerprint density at radius 2 is 1.71 bits per heavy atom. The number of hydrogen-bond acceptors (Lipinski definition) is 3. The summed E-state index contributed by atoms with van der Waals surface area (Å²) in [4.78, 5) is 28.5. The van der Waals surface area contributed by atoms with Crippen molar-refractivity contribution in [1.82, 2.24) is 10.2 Å². The van der Waals surface area contributed by atoms with Crippen LogP contribution in [0.4, 0.5) is 0 Å². The molecular weight excluding hydrogens is 424 g/mol. The molecule has 0 bridgehead atoms. The zero-order chi connectivity index (χ0) is 24.7. The number of ether oxygens (including phenoxy) is 1. The fourth-order valence-corrected chi connectivity index (χ4v) is 4.69. The third-order valence-electron chi connectivity index (χ3n) is 6.74. The summed E-state index contributed by atoms with van der Waals surface area (Å²) in [6.07, 6.45) is 4.87. The van der Waals surface area contributed by atoms with Gasteiger partial charge in [-0.2, -0.15) is 0 Å². The van der Waals surface area contributed by atoms with Crippen molar-refractivity contribution < 1.29 is 14.3 Å². The maximum Gasteiger partial charge on any atom is 0.261 e. The van der Waals surface area contributed by atoms with E-state index in [9.17, 15) is 9.59 Å². The van der Waals surface area contributed by atoms with E-state index in [1.807, 2.05) is 62.4 Å². The Morgan fingerprint density at radius 3 is 2.35 bits per heavy atom. The molecule has 5 nitrogen and oxygen atoms in total. The van der Waals surface area contributed by atoms with Gasteiger partial charge in [-0.25, -0.2) is 0 Å². The van der Waals surface area contributed by atoms with E-state index in [0.29, 0.717) is 18.7 Å². The fraction of sp³-hybridized carbons (Fsp3) is 0.517. The Morgan fingerprint density at radius 1 is 1.06 bits per heavy atom. The summed E-state index contributed by atoms with van der Waals surface area (Å²) >= 11 is 0. The minimum atomic E-state index is -0.533. The number of aryl methyl sites for hydroxylation is 1. The number of rotatable bonds is 9. The van der Waals surface area contributed by atoms with Crippen LogP contribution in [0.25, 0.3) is 0 Å². The number of para-hydroxylation sites is 1. The van der Waals surface area contributed by atoms with Gasteiger partial charge < -0.3 is 15.0 Å². The minimum Gasteiger partial charge on any atom is -0.483 e. The van der Waals surface area contributed by atoms with Gasteiger partial charge in [-0.15, -0.1) is 0 Å². The van der Waals surface area contributed by atoms with Crippen LogP contribution >= 0.6 is 0 Å². The summed E-state index contributed by atoms with van der Waals surface area (Å²) in [6.45, 7) is 10.7. The predicted octanol–water partition coefficient (Wildman–Crippen LogP) is 5.54. The Bertz CT molecular complexity index is 973. The van der Waals surface area contributed by atoms with Gasteiger partial charge in [0.2, 0.25) is 5.91 Å². The number of nitrogens with zero attached hydrogens (tertiary/aromatic N) is 1. The van der Waals surface area contributed by atoms with Crippen LogP contribution in [0.15, 0.2) is 48.5 Å².